The van der Waals surface area contributed by atoms with Crippen molar-refractivity contribution >= 4 is 12.1 Å². The second-order valence-corrected chi connectivity index (χ2v) is 4.52. The van der Waals surface area contributed by atoms with Gasteiger partial charge in [0.05, 0.1) is 0 Å². The van der Waals surface area contributed by atoms with Crippen LogP contribution < -0.4 is 10.6 Å². The van der Waals surface area contributed by atoms with Gasteiger partial charge in [0.15, 0.2) is 0 Å². The van der Waals surface area contributed by atoms with Crippen molar-refractivity contribution in [1.82, 2.24) is 10.6 Å². The molecule has 6 heteroatoms. The van der Waals surface area contributed by atoms with E-state index in [4.69, 9.17) is 9.47 Å². The van der Waals surface area contributed by atoms with Gasteiger partial charge in [-0.25, -0.2) is 4.79 Å². The molecule has 0 aliphatic heterocycles. The summed E-state index contributed by atoms with van der Waals surface area (Å²) in [5.74, 6) is -0.293. The van der Waals surface area contributed by atoms with E-state index in [0.29, 0.717) is 26.2 Å². The molecule has 1 amide bonds. The van der Waals surface area contributed by atoms with Crippen LogP contribution in [0.25, 0.3) is 0 Å². The smallest absolute Gasteiger partial charge is 0.407 e. The maximum absolute atomic E-state index is 11.2. The zero-order valence-electron chi connectivity index (χ0n) is 11.0. The van der Waals surface area contributed by atoms with Gasteiger partial charge in [0, 0.05) is 26.6 Å². The van der Waals surface area contributed by atoms with Gasteiger partial charge in [-0.05, 0) is 20.8 Å². The first-order chi connectivity index (χ1) is 7.81. The van der Waals surface area contributed by atoms with Gasteiger partial charge >= 0.3 is 12.1 Å². The van der Waals surface area contributed by atoms with Crippen LogP contribution in [0.2, 0.25) is 0 Å². The van der Waals surface area contributed by atoms with E-state index in [-0.39, 0.29) is 5.97 Å². The molecule has 2 N–H and O–H groups in total. The zero-order chi connectivity index (χ0) is 13.3. The molecule has 0 rings (SSSR count). The second kappa shape index (κ2) is 7.89. The minimum Gasteiger partial charge on any atom is -0.465 e. The van der Waals surface area contributed by atoms with E-state index in [1.54, 1.807) is 0 Å². The molecule has 0 saturated carbocycles. The molecule has 0 fully saturated rings. The highest BCUT2D eigenvalue weighted by Gasteiger charge is 2.15. The molecule has 0 unspecified atom stereocenters. The summed E-state index contributed by atoms with van der Waals surface area (Å²) >= 11 is 0. The summed E-state index contributed by atoms with van der Waals surface area (Å²) in [7, 11) is 0. The van der Waals surface area contributed by atoms with E-state index in [2.05, 4.69) is 10.6 Å². The van der Waals surface area contributed by atoms with E-state index in [9.17, 15) is 9.59 Å². The molecular weight excluding hydrogens is 224 g/mol. The molecule has 0 aliphatic rings. The molecule has 0 heterocycles. The fourth-order valence-corrected chi connectivity index (χ4v) is 0.959. The average Bonchev–Trinajstić information content (AvgIpc) is 2.12. The SMILES string of the molecule is CC(=O)OCCNCCNC(=O)OC(C)(C)C. The Hall–Kier alpha value is -1.30. The maximum Gasteiger partial charge on any atom is 0.407 e. The third-order valence-electron chi connectivity index (χ3n) is 1.55. The summed E-state index contributed by atoms with van der Waals surface area (Å²) in [6.45, 7) is 8.76. The molecule has 0 aromatic heterocycles. The molecule has 0 atom stereocenters. The molecular formula is C11H22N2O4. The van der Waals surface area contributed by atoms with Crippen LogP contribution in [-0.2, 0) is 14.3 Å². The van der Waals surface area contributed by atoms with Crippen molar-refractivity contribution < 1.29 is 19.1 Å². The predicted molar refractivity (Wildman–Crippen MR) is 63.7 cm³/mol. The normalized spacial score (nSPS) is 10.8. The summed E-state index contributed by atoms with van der Waals surface area (Å²) in [5.41, 5.74) is -0.479. The largest absolute Gasteiger partial charge is 0.465 e. The Balaban J connectivity index is 3.34. The van der Waals surface area contributed by atoms with Crippen LogP contribution in [0.5, 0.6) is 0 Å². The van der Waals surface area contributed by atoms with Crippen LogP contribution in [0.1, 0.15) is 27.7 Å². The first-order valence-electron chi connectivity index (χ1n) is 5.62. The number of hydrogen-bond acceptors (Lipinski definition) is 5. The number of alkyl carbamates (subject to hydrolysis) is 1. The van der Waals surface area contributed by atoms with Crippen LogP contribution in [0.3, 0.4) is 0 Å². The number of rotatable bonds is 6. The first kappa shape index (κ1) is 15.7. The van der Waals surface area contributed by atoms with Crippen LogP contribution in [0.4, 0.5) is 4.79 Å². The number of esters is 1. The summed E-state index contributed by atoms with van der Waals surface area (Å²) in [6.07, 6.45) is -0.431. The molecule has 6 nitrogen and oxygen atoms in total. The van der Waals surface area contributed by atoms with Gasteiger partial charge in [-0.15, -0.1) is 0 Å². The lowest BCUT2D eigenvalue weighted by molar-refractivity contribution is -0.140. The minimum atomic E-state index is -0.479. The predicted octanol–water partition coefficient (Wildman–Crippen LogP) is 0.664. The maximum atomic E-state index is 11.2. The molecule has 100 valence electrons. The Morgan fingerprint density at radius 3 is 2.29 bits per heavy atom. The minimum absolute atomic E-state index is 0.293. The third kappa shape index (κ3) is 12.6. The first-order valence-corrected chi connectivity index (χ1v) is 5.62. The highest BCUT2D eigenvalue weighted by Crippen LogP contribution is 2.05. The fraction of sp³-hybridized carbons (Fsp3) is 0.818. The van der Waals surface area contributed by atoms with Crippen molar-refractivity contribution in [2.45, 2.75) is 33.3 Å². The lowest BCUT2D eigenvalue weighted by Gasteiger charge is -2.19. The topological polar surface area (TPSA) is 76.7 Å². The number of amides is 1. The van der Waals surface area contributed by atoms with E-state index in [0.717, 1.165) is 0 Å². The van der Waals surface area contributed by atoms with E-state index < -0.39 is 11.7 Å². The van der Waals surface area contributed by atoms with Crippen molar-refractivity contribution in [1.29, 1.82) is 0 Å². The van der Waals surface area contributed by atoms with Crippen LogP contribution in [0.15, 0.2) is 0 Å². The molecule has 17 heavy (non-hydrogen) atoms. The number of carbonyl (C=O) groups excluding carboxylic acids is 2. The van der Waals surface area contributed by atoms with Gasteiger partial charge in [0.1, 0.15) is 12.2 Å². The summed E-state index contributed by atoms with van der Waals surface area (Å²) in [6, 6.07) is 0. The fourth-order valence-electron chi connectivity index (χ4n) is 0.959. The van der Waals surface area contributed by atoms with Crippen molar-refractivity contribution in [2.24, 2.45) is 0 Å². The molecule has 0 spiro atoms. The van der Waals surface area contributed by atoms with E-state index in [1.165, 1.54) is 6.92 Å². The molecule has 0 aliphatic carbocycles. The standard InChI is InChI=1S/C11H22N2O4/c1-9(14)16-8-7-12-5-6-13-10(15)17-11(2,3)4/h12H,5-8H2,1-4H3,(H,13,15). The summed E-state index contributed by atoms with van der Waals surface area (Å²) < 4.78 is 9.77. The monoisotopic (exact) mass is 246 g/mol. The Morgan fingerprint density at radius 1 is 1.12 bits per heavy atom. The Morgan fingerprint density at radius 2 is 1.76 bits per heavy atom. The summed E-state index contributed by atoms with van der Waals surface area (Å²) in [4.78, 5) is 21.6. The lowest BCUT2D eigenvalue weighted by Crippen LogP contribution is -2.37. The van der Waals surface area contributed by atoms with Gasteiger partial charge in [0.25, 0.3) is 0 Å². The zero-order valence-corrected chi connectivity index (χ0v) is 11.0. The van der Waals surface area contributed by atoms with Gasteiger partial charge in [-0.2, -0.15) is 0 Å². The molecule has 0 bridgehead atoms. The second-order valence-electron chi connectivity index (χ2n) is 4.52. The number of carbonyl (C=O) groups is 2. The average molecular weight is 246 g/mol. The van der Waals surface area contributed by atoms with Gasteiger partial charge in [-0.1, -0.05) is 0 Å². The van der Waals surface area contributed by atoms with E-state index >= 15 is 0 Å². The van der Waals surface area contributed by atoms with Crippen molar-refractivity contribution in [3.05, 3.63) is 0 Å². The third-order valence-corrected chi connectivity index (χ3v) is 1.55. The molecule has 0 saturated heterocycles. The number of ether oxygens (including phenoxy) is 2. The van der Waals surface area contributed by atoms with Crippen LogP contribution in [0, 0.1) is 0 Å². The lowest BCUT2D eigenvalue weighted by atomic mass is 10.2. The quantitative estimate of drug-likeness (QED) is 0.532. The van der Waals surface area contributed by atoms with Crippen molar-refractivity contribution in [3.63, 3.8) is 0 Å². The van der Waals surface area contributed by atoms with Gasteiger partial charge in [-0.3, -0.25) is 4.79 Å². The Kier molecular flexibility index (Phi) is 7.29. The molecule has 0 aromatic carbocycles. The molecule has 0 aromatic rings. The van der Waals surface area contributed by atoms with Gasteiger partial charge in [0.2, 0.25) is 0 Å². The highest BCUT2D eigenvalue weighted by atomic mass is 16.6. The van der Waals surface area contributed by atoms with Crippen molar-refractivity contribution in [3.8, 4) is 0 Å². The Bertz CT molecular complexity index is 248. The van der Waals surface area contributed by atoms with Crippen molar-refractivity contribution in [2.75, 3.05) is 26.2 Å². The van der Waals surface area contributed by atoms with E-state index in [1.807, 2.05) is 20.8 Å². The number of hydrogen-bond donors (Lipinski definition) is 2. The Labute approximate surface area is 102 Å². The van der Waals surface area contributed by atoms with Gasteiger partial charge < -0.3 is 20.1 Å². The van der Waals surface area contributed by atoms with Crippen LogP contribution >= 0.6 is 0 Å². The number of nitrogens with one attached hydrogen (secondary N) is 2. The van der Waals surface area contributed by atoms with Crippen LogP contribution in [-0.4, -0.2) is 43.9 Å². The molecule has 0 radical (unpaired) electrons. The summed E-state index contributed by atoms with van der Waals surface area (Å²) in [5, 5.41) is 5.62. The highest BCUT2D eigenvalue weighted by molar-refractivity contribution is 5.67.